The standard InChI is InChI=1S/2C4H8N2O2.C4H7O2.Co.H2O/c2*1-3(5-7)4(2)6-8;1-3-4(5)6-2;;/h2*7-8H,1-2H3;1,3H2,2H3;;1H2/q;;-1;;/p+1. The molecule has 145 valence electrons. The van der Waals surface area contributed by atoms with Gasteiger partial charge in [0, 0.05) is 16.8 Å². The number of esters is 1. The third-order valence-electron chi connectivity index (χ3n) is 2.08. The molecule has 7 N–H and O–H groups in total. The summed E-state index contributed by atoms with van der Waals surface area (Å²) in [7, 11) is 1.34. The fourth-order valence-electron chi connectivity index (χ4n) is 0.392. The van der Waals surface area contributed by atoms with Gasteiger partial charge in [-0.05, 0) is 27.7 Å². The second kappa shape index (κ2) is 23.1. The molecular weight excluding hydrogens is 371 g/mol. The maximum atomic E-state index is 9.90. The van der Waals surface area contributed by atoms with Crippen LogP contribution in [0.15, 0.2) is 20.6 Å². The number of ether oxygens (including phenoxy) is 1. The second-order valence-electron chi connectivity index (χ2n) is 3.57. The number of carbonyl (C=O) groups is 1. The van der Waals surface area contributed by atoms with Crippen LogP contribution in [0.4, 0.5) is 0 Å². The summed E-state index contributed by atoms with van der Waals surface area (Å²) in [6.45, 7) is 9.43. The van der Waals surface area contributed by atoms with Gasteiger partial charge in [-0.2, -0.15) is 0 Å². The van der Waals surface area contributed by atoms with Crippen LogP contribution in [0.3, 0.4) is 0 Å². The monoisotopic (exact) mass is 397 g/mol. The first-order valence-electron chi connectivity index (χ1n) is 5.86. The molecule has 0 bridgehead atoms. The van der Waals surface area contributed by atoms with Crippen molar-refractivity contribution >= 4 is 28.8 Å². The average molecular weight is 397 g/mol. The largest absolute Gasteiger partial charge is 0.471 e. The number of carbonyl (C=O) groups excluding carboxylic acids is 1. The third kappa shape index (κ3) is 22.1. The van der Waals surface area contributed by atoms with E-state index < -0.39 is 0 Å². The Bertz CT molecular complexity index is 367. The minimum Gasteiger partial charge on any atom is -0.471 e. The van der Waals surface area contributed by atoms with Gasteiger partial charge in [-0.25, -0.2) is 0 Å². The molecule has 0 spiro atoms. The molecule has 0 aromatic heterocycles. The van der Waals surface area contributed by atoms with E-state index in [2.05, 4.69) is 32.3 Å². The zero-order chi connectivity index (χ0) is 18.1. The zero-order valence-electron chi connectivity index (χ0n) is 14.2. The van der Waals surface area contributed by atoms with Gasteiger partial charge in [0.1, 0.15) is 22.8 Å². The van der Waals surface area contributed by atoms with Crippen molar-refractivity contribution in [2.24, 2.45) is 20.6 Å². The summed E-state index contributed by atoms with van der Waals surface area (Å²) in [4.78, 5) is 9.90. The zero-order valence-corrected chi connectivity index (χ0v) is 15.3. The third-order valence-corrected chi connectivity index (χ3v) is 2.08. The number of oxime groups is 4. The molecule has 0 rings (SSSR count). The maximum Gasteiger partial charge on any atom is 0.275 e. The predicted molar refractivity (Wildman–Crippen MR) is 86.4 cm³/mol. The van der Waals surface area contributed by atoms with Gasteiger partial charge in [-0.1, -0.05) is 27.0 Å². The Balaban J connectivity index is -0.0000000730. The minimum atomic E-state index is -0.269. The minimum absolute atomic E-state index is 0. The van der Waals surface area contributed by atoms with E-state index in [1.807, 2.05) is 0 Å². The van der Waals surface area contributed by atoms with Crippen LogP contribution in [-0.2, 0) is 31.8 Å². The number of rotatable bonds is 3. The van der Waals surface area contributed by atoms with Gasteiger partial charge in [0.25, 0.3) is 5.97 Å². The molecule has 0 fully saturated rings. The van der Waals surface area contributed by atoms with Crippen LogP contribution in [0.5, 0.6) is 0 Å². The van der Waals surface area contributed by atoms with E-state index in [1.165, 1.54) is 34.8 Å². The quantitative estimate of drug-likeness (QED) is 0.136. The molecule has 0 aliphatic rings. The van der Waals surface area contributed by atoms with Gasteiger partial charge < -0.3 is 38.0 Å². The van der Waals surface area contributed by atoms with Crippen molar-refractivity contribution in [1.29, 1.82) is 0 Å². The van der Waals surface area contributed by atoms with Crippen molar-refractivity contribution in [3.63, 3.8) is 0 Å². The smallest absolute Gasteiger partial charge is 0.275 e. The summed E-state index contributed by atoms with van der Waals surface area (Å²) in [6, 6.07) is 0. The Morgan fingerprint density at radius 3 is 1.08 bits per heavy atom. The number of hydrogen-bond acceptors (Lipinski definition) is 10. The molecule has 0 aliphatic heterocycles. The molecule has 1 radical (unpaired) electrons. The van der Waals surface area contributed by atoms with Gasteiger partial charge in [-0.3, -0.25) is 4.79 Å². The first-order valence-corrected chi connectivity index (χ1v) is 5.86. The van der Waals surface area contributed by atoms with Gasteiger partial charge in [0.2, 0.25) is 0 Å². The maximum absolute atomic E-state index is 9.90. The summed E-state index contributed by atoms with van der Waals surface area (Å²) < 4.78 is 4.20. The summed E-state index contributed by atoms with van der Waals surface area (Å²) in [6.07, 6.45) is 0.219. The molecular formula is C12H26CoN4O7. The van der Waals surface area contributed by atoms with Crippen molar-refractivity contribution in [2.45, 2.75) is 34.1 Å². The van der Waals surface area contributed by atoms with Crippen molar-refractivity contribution in [1.82, 2.24) is 0 Å². The fourth-order valence-corrected chi connectivity index (χ4v) is 0.392. The van der Waals surface area contributed by atoms with E-state index in [0.29, 0.717) is 22.8 Å². The van der Waals surface area contributed by atoms with Crippen molar-refractivity contribution in [3.8, 4) is 0 Å². The van der Waals surface area contributed by atoms with Crippen LogP contribution in [0.2, 0.25) is 0 Å². The van der Waals surface area contributed by atoms with E-state index in [1.54, 1.807) is 0 Å². The van der Waals surface area contributed by atoms with E-state index in [-0.39, 0.29) is 34.6 Å². The second-order valence-corrected chi connectivity index (χ2v) is 3.57. The van der Waals surface area contributed by atoms with Crippen LogP contribution in [0.1, 0.15) is 34.1 Å². The van der Waals surface area contributed by atoms with Crippen LogP contribution in [-0.4, -0.2) is 56.8 Å². The van der Waals surface area contributed by atoms with Gasteiger partial charge in [0.05, 0.1) is 7.11 Å². The first kappa shape index (κ1) is 33.4. The molecule has 0 amide bonds. The Labute approximate surface area is 150 Å². The summed E-state index contributed by atoms with van der Waals surface area (Å²) >= 11 is 0. The molecule has 0 aromatic rings. The Kier molecular flexibility index (Phi) is 32.2. The molecule has 0 atom stereocenters. The van der Waals surface area contributed by atoms with Gasteiger partial charge in [-0.15, -0.1) is 0 Å². The van der Waals surface area contributed by atoms with Gasteiger partial charge >= 0.3 is 0 Å². The van der Waals surface area contributed by atoms with Crippen LogP contribution >= 0.6 is 0 Å². The Morgan fingerprint density at radius 2 is 1.04 bits per heavy atom. The summed E-state index contributed by atoms with van der Waals surface area (Å²) in [5.74, 6) is -0.269. The van der Waals surface area contributed by atoms with Crippen molar-refractivity contribution in [2.75, 3.05) is 7.11 Å². The van der Waals surface area contributed by atoms with E-state index >= 15 is 0 Å². The van der Waals surface area contributed by atoms with Crippen LogP contribution in [0, 0.1) is 6.92 Å². The molecule has 24 heavy (non-hydrogen) atoms. The van der Waals surface area contributed by atoms with Gasteiger partial charge in [0.15, 0.2) is 0 Å². The average Bonchev–Trinajstić information content (AvgIpc) is 2.58. The van der Waals surface area contributed by atoms with E-state index in [0.717, 1.165) is 0 Å². The fraction of sp³-hybridized carbons (Fsp3) is 0.500. The van der Waals surface area contributed by atoms with E-state index in [9.17, 15) is 4.79 Å². The molecule has 0 aromatic carbocycles. The normalized spacial score (nSPS) is 11.4. The molecule has 11 nitrogen and oxygen atoms in total. The number of hydrogen-bond donors (Lipinski definition) is 4. The number of methoxy groups -OCH3 is 1. The molecule has 0 heterocycles. The molecule has 0 saturated heterocycles. The van der Waals surface area contributed by atoms with E-state index in [4.69, 9.17) is 20.8 Å². The van der Waals surface area contributed by atoms with Crippen molar-refractivity contribution in [3.05, 3.63) is 6.92 Å². The number of nitrogens with zero attached hydrogens (tertiary/aromatic N) is 4. The molecule has 12 heteroatoms. The molecule has 0 aliphatic carbocycles. The topological polar surface area (TPSA) is 190 Å². The van der Waals surface area contributed by atoms with Crippen LogP contribution < -0.4 is 0 Å². The first-order chi connectivity index (χ1) is 10.2. The summed E-state index contributed by atoms with van der Waals surface area (Å²) in [5.41, 5.74) is 1.25. The predicted octanol–water partition coefficient (Wildman–Crippen LogP) is 0.832. The Morgan fingerprint density at radius 1 is 0.833 bits per heavy atom. The van der Waals surface area contributed by atoms with Crippen LogP contribution in [0.25, 0.3) is 0 Å². The SMILES string of the molecule is CC(=NO)C(C)=NO.CC(=NO)C(C)=NO.[CH2-]CC(=O)OC.[Co].[OH3+]. The Hall–Kier alpha value is -2.18. The van der Waals surface area contributed by atoms with Crippen molar-refractivity contribution < 1.29 is 52.6 Å². The summed E-state index contributed by atoms with van der Waals surface area (Å²) in [5, 5.41) is 43.3. The molecule has 0 unspecified atom stereocenters. The molecule has 0 saturated carbocycles.